The van der Waals surface area contributed by atoms with E-state index >= 15 is 0 Å². The van der Waals surface area contributed by atoms with Crippen LogP contribution in [0.3, 0.4) is 0 Å². The maximum atomic E-state index is 13.1. The minimum atomic E-state index is -0.800. The van der Waals surface area contributed by atoms with Gasteiger partial charge < -0.3 is 10.0 Å². The quantitative estimate of drug-likeness (QED) is 0.871. The Bertz CT molecular complexity index is 636. The monoisotopic (exact) mass is 379 g/mol. The van der Waals surface area contributed by atoms with Gasteiger partial charge in [0.2, 0.25) is 5.91 Å². The molecule has 5 heteroatoms. The number of halogens is 1. The van der Waals surface area contributed by atoms with Crippen molar-refractivity contribution < 1.29 is 14.7 Å². The first-order valence-electron chi connectivity index (χ1n) is 8.11. The van der Waals surface area contributed by atoms with Crippen molar-refractivity contribution in [1.82, 2.24) is 4.90 Å². The van der Waals surface area contributed by atoms with Gasteiger partial charge in [0.15, 0.2) is 0 Å². The Morgan fingerprint density at radius 3 is 2.22 bits per heavy atom. The van der Waals surface area contributed by atoms with Crippen LogP contribution in [0.5, 0.6) is 0 Å². The maximum absolute atomic E-state index is 13.1. The van der Waals surface area contributed by atoms with Gasteiger partial charge >= 0.3 is 5.97 Å². The number of nitrogens with zero attached hydrogens (tertiary/aromatic N) is 1. The van der Waals surface area contributed by atoms with Gasteiger partial charge in [0.05, 0.1) is 10.8 Å². The van der Waals surface area contributed by atoms with Crippen LogP contribution in [0.4, 0.5) is 0 Å². The number of hydrogen-bond acceptors (Lipinski definition) is 2. The number of carbonyl (C=O) groups is 2. The van der Waals surface area contributed by atoms with Crippen LogP contribution in [0.2, 0.25) is 0 Å². The Kier molecular flexibility index (Phi) is 4.03. The Hall–Kier alpha value is -1.36. The van der Waals surface area contributed by atoms with Crippen molar-refractivity contribution in [1.29, 1.82) is 0 Å². The fraction of sp³-hybridized carbons (Fsp3) is 0.556. The van der Waals surface area contributed by atoms with E-state index in [0.29, 0.717) is 19.5 Å². The van der Waals surface area contributed by atoms with Crippen molar-refractivity contribution in [2.75, 3.05) is 13.1 Å². The highest BCUT2D eigenvalue weighted by Crippen LogP contribution is 2.51. The first kappa shape index (κ1) is 16.5. The van der Waals surface area contributed by atoms with Crippen LogP contribution < -0.4 is 0 Å². The van der Waals surface area contributed by atoms with E-state index in [2.05, 4.69) is 15.9 Å². The molecular formula is C18H22BrNO3. The van der Waals surface area contributed by atoms with E-state index in [9.17, 15) is 14.7 Å². The third kappa shape index (κ3) is 2.59. The minimum Gasteiger partial charge on any atom is -0.481 e. The topological polar surface area (TPSA) is 57.6 Å². The molecule has 1 saturated carbocycles. The summed E-state index contributed by atoms with van der Waals surface area (Å²) in [5.74, 6) is -0.666. The van der Waals surface area contributed by atoms with Gasteiger partial charge in [0.1, 0.15) is 0 Å². The molecule has 2 fully saturated rings. The zero-order valence-electron chi connectivity index (χ0n) is 13.5. The molecule has 0 radical (unpaired) electrons. The summed E-state index contributed by atoms with van der Waals surface area (Å²) in [5.41, 5.74) is -0.180. The molecule has 3 rings (SSSR count). The number of likely N-dealkylation sites (tertiary alicyclic amines) is 1. The molecule has 0 spiro atoms. The lowest BCUT2D eigenvalue weighted by molar-refractivity contribution is -0.151. The number of hydrogen-bond donors (Lipinski definition) is 1. The number of amides is 1. The van der Waals surface area contributed by atoms with Crippen molar-refractivity contribution in [3.63, 3.8) is 0 Å². The van der Waals surface area contributed by atoms with Crippen LogP contribution in [-0.4, -0.2) is 35.0 Å². The molecule has 1 aromatic rings. The first-order chi connectivity index (χ1) is 10.8. The molecule has 1 heterocycles. The summed E-state index contributed by atoms with van der Waals surface area (Å²) in [6.45, 7) is 4.74. The first-order valence-corrected chi connectivity index (χ1v) is 8.90. The molecule has 1 atom stereocenters. The van der Waals surface area contributed by atoms with E-state index in [-0.39, 0.29) is 11.8 Å². The van der Waals surface area contributed by atoms with Crippen LogP contribution in [-0.2, 0) is 15.0 Å². The summed E-state index contributed by atoms with van der Waals surface area (Å²) in [6.07, 6.45) is 2.25. The second-order valence-corrected chi connectivity index (χ2v) is 8.10. The zero-order chi connectivity index (χ0) is 16.8. The molecule has 1 aliphatic carbocycles. The summed E-state index contributed by atoms with van der Waals surface area (Å²) >= 11 is 3.42. The predicted molar refractivity (Wildman–Crippen MR) is 91.2 cm³/mol. The minimum absolute atomic E-state index is 0.0145. The van der Waals surface area contributed by atoms with E-state index in [4.69, 9.17) is 0 Å². The normalized spacial score (nSPS) is 25.7. The van der Waals surface area contributed by atoms with Crippen molar-refractivity contribution in [2.24, 2.45) is 11.3 Å². The van der Waals surface area contributed by atoms with E-state index in [0.717, 1.165) is 22.9 Å². The molecule has 23 heavy (non-hydrogen) atoms. The predicted octanol–water partition coefficient (Wildman–Crippen LogP) is 3.44. The summed E-state index contributed by atoms with van der Waals surface area (Å²) in [6, 6.07) is 7.92. The number of benzene rings is 1. The molecule has 0 bridgehead atoms. The highest BCUT2D eigenvalue weighted by molar-refractivity contribution is 9.10. The van der Waals surface area contributed by atoms with Gasteiger partial charge in [-0.2, -0.15) is 0 Å². The summed E-state index contributed by atoms with van der Waals surface area (Å²) in [7, 11) is 0. The molecule has 1 amide bonds. The van der Waals surface area contributed by atoms with Crippen LogP contribution >= 0.6 is 15.9 Å². The third-order valence-electron chi connectivity index (χ3n) is 5.68. The number of carbonyl (C=O) groups excluding carboxylic acids is 1. The lowest BCUT2D eigenvalue weighted by Crippen LogP contribution is -2.43. The van der Waals surface area contributed by atoms with Gasteiger partial charge in [-0.15, -0.1) is 0 Å². The SMILES string of the molecule is CC(C)C1(C(=O)O)CCN(C(=O)C2(c3ccc(Br)cc3)CC2)C1. The molecule has 0 aromatic heterocycles. The van der Waals surface area contributed by atoms with Gasteiger partial charge in [-0.05, 0) is 42.9 Å². The molecule has 1 aliphatic heterocycles. The van der Waals surface area contributed by atoms with E-state index < -0.39 is 16.8 Å². The van der Waals surface area contributed by atoms with Crippen molar-refractivity contribution in [2.45, 2.75) is 38.5 Å². The van der Waals surface area contributed by atoms with E-state index in [1.165, 1.54) is 0 Å². The fourth-order valence-corrected chi connectivity index (χ4v) is 3.99. The van der Waals surface area contributed by atoms with Crippen LogP contribution in [0.1, 0.15) is 38.7 Å². The van der Waals surface area contributed by atoms with Crippen molar-refractivity contribution >= 4 is 27.8 Å². The highest BCUT2D eigenvalue weighted by Gasteiger charge is 2.56. The summed E-state index contributed by atoms with van der Waals surface area (Å²) in [5, 5.41) is 9.66. The van der Waals surface area contributed by atoms with Gasteiger partial charge in [-0.1, -0.05) is 41.9 Å². The van der Waals surface area contributed by atoms with Crippen LogP contribution in [0.25, 0.3) is 0 Å². The average molecular weight is 380 g/mol. The Labute approximate surface area is 145 Å². The number of carboxylic acids is 1. The average Bonchev–Trinajstić information content (AvgIpc) is 3.18. The standard InChI is InChI=1S/C18H22BrNO3/c1-12(2)18(16(22)23)9-10-20(11-18)15(21)17(7-8-17)13-3-5-14(19)6-4-13/h3-6,12H,7-11H2,1-2H3,(H,22,23). The smallest absolute Gasteiger partial charge is 0.311 e. The fourth-order valence-electron chi connectivity index (χ4n) is 3.72. The lowest BCUT2D eigenvalue weighted by Gasteiger charge is -2.30. The van der Waals surface area contributed by atoms with Gasteiger partial charge in [0, 0.05) is 17.6 Å². The summed E-state index contributed by atoms with van der Waals surface area (Å²) < 4.78 is 0.996. The van der Waals surface area contributed by atoms with E-state index in [1.807, 2.05) is 38.1 Å². The van der Waals surface area contributed by atoms with Gasteiger partial charge in [-0.25, -0.2) is 0 Å². The second-order valence-electron chi connectivity index (χ2n) is 7.18. The molecule has 124 valence electrons. The van der Waals surface area contributed by atoms with Gasteiger partial charge in [-0.3, -0.25) is 9.59 Å². The molecule has 4 nitrogen and oxygen atoms in total. The summed E-state index contributed by atoms with van der Waals surface area (Å²) in [4.78, 5) is 26.6. The Morgan fingerprint density at radius 2 is 1.78 bits per heavy atom. The number of carboxylic acid groups (broad SMARTS) is 1. The van der Waals surface area contributed by atoms with Crippen molar-refractivity contribution in [3.8, 4) is 0 Å². The van der Waals surface area contributed by atoms with E-state index in [1.54, 1.807) is 4.90 Å². The molecule has 1 unspecified atom stereocenters. The third-order valence-corrected chi connectivity index (χ3v) is 6.20. The lowest BCUT2D eigenvalue weighted by atomic mass is 9.76. The Morgan fingerprint density at radius 1 is 1.17 bits per heavy atom. The zero-order valence-corrected chi connectivity index (χ0v) is 15.1. The van der Waals surface area contributed by atoms with Crippen molar-refractivity contribution in [3.05, 3.63) is 34.3 Å². The molecule has 1 N–H and O–H groups in total. The largest absolute Gasteiger partial charge is 0.481 e. The molecule has 1 aromatic carbocycles. The number of rotatable bonds is 4. The molecular weight excluding hydrogens is 358 g/mol. The number of aliphatic carboxylic acids is 1. The molecule has 2 aliphatic rings. The second kappa shape index (κ2) is 5.62. The Balaban J connectivity index is 1.82. The van der Waals surface area contributed by atoms with Crippen LogP contribution in [0, 0.1) is 11.3 Å². The maximum Gasteiger partial charge on any atom is 0.311 e. The van der Waals surface area contributed by atoms with Gasteiger partial charge in [0.25, 0.3) is 0 Å². The molecule has 1 saturated heterocycles. The highest BCUT2D eigenvalue weighted by atomic mass is 79.9. The van der Waals surface area contributed by atoms with Crippen LogP contribution in [0.15, 0.2) is 28.7 Å².